The largest absolute Gasteiger partial charge is 0.326 e. The van der Waals surface area contributed by atoms with E-state index in [1.54, 1.807) is 6.07 Å². The molecule has 9 heteroatoms. The van der Waals surface area contributed by atoms with Gasteiger partial charge in [-0.1, -0.05) is 18.2 Å². The van der Waals surface area contributed by atoms with Crippen LogP contribution >= 0.6 is 0 Å². The predicted octanol–water partition coefficient (Wildman–Crippen LogP) is 2.03. The molecule has 0 fully saturated rings. The Morgan fingerprint density at radius 1 is 1.12 bits per heavy atom. The first-order chi connectivity index (χ1) is 11.7. The van der Waals surface area contributed by atoms with Crippen molar-refractivity contribution in [1.82, 2.24) is 4.31 Å². The molecule has 0 saturated heterocycles. The molecule has 0 aliphatic rings. The molecule has 1 N–H and O–H groups in total. The van der Waals surface area contributed by atoms with Crippen LogP contribution in [0.2, 0.25) is 0 Å². The monoisotopic (exact) mass is 363 g/mol. The van der Waals surface area contributed by atoms with E-state index in [1.165, 1.54) is 56.6 Å². The topological polar surface area (TPSA) is 110 Å². The van der Waals surface area contributed by atoms with E-state index < -0.39 is 20.9 Å². The Hall–Kier alpha value is -2.78. The van der Waals surface area contributed by atoms with Gasteiger partial charge in [0, 0.05) is 31.4 Å². The summed E-state index contributed by atoms with van der Waals surface area (Å²) in [5, 5.41) is 13.6. The highest BCUT2D eigenvalue weighted by molar-refractivity contribution is 7.89. The van der Waals surface area contributed by atoms with Gasteiger partial charge in [0.1, 0.15) is 0 Å². The lowest BCUT2D eigenvalue weighted by atomic mass is 10.1. The van der Waals surface area contributed by atoms with Gasteiger partial charge in [-0.05, 0) is 24.3 Å². The van der Waals surface area contributed by atoms with Gasteiger partial charge in [0.25, 0.3) is 5.69 Å². The molecule has 0 aromatic heterocycles. The van der Waals surface area contributed by atoms with E-state index >= 15 is 0 Å². The van der Waals surface area contributed by atoms with Crippen molar-refractivity contribution in [2.75, 3.05) is 19.4 Å². The molecule has 0 aliphatic carbocycles. The quantitative estimate of drug-likeness (QED) is 0.624. The SMILES string of the molecule is CN(C)S(=O)(=O)c1ccc(NC(=O)Cc2ccccc2[N+](=O)[O-])cc1. The van der Waals surface area contributed by atoms with E-state index in [-0.39, 0.29) is 17.0 Å². The number of rotatable bonds is 6. The number of para-hydroxylation sites is 1. The lowest BCUT2D eigenvalue weighted by Crippen LogP contribution is -2.22. The number of amides is 1. The van der Waals surface area contributed by atoms with E-state index in [0.717, 1.165) is 4.31 Å². The van der Waals surface area contributed by atoms with Crippen LogP contribution < -0.4 is 5.32 Å². The number of benzene rings is 2. The summed E-state index contributed by atoms with van der Waals surface area (Å²) in [5.74, 6) is -0.433. The molecule has 8 nitrogen and oxygen atoms in total. The van der Waals surface area contributed by atoms with Crippen LogP contribution in [-0.2, 0) is 21.2 Å². The first-order valence-electron chi connectivity index (χ1n) is 7.26. The Morgan fingerprint density at radius 2 is 1.72 bits per heavy atom. The maximum atomic E-state index is 12.1. The Kier molecular flexibility index (Phi) is 5.50. The van der Waals surface area contributed by atoms with Crippen LogP contribution in [0.3, 0.4) is 0 Å². The molecule has 25 heavy (non-hydrogen) atoms. The van der Waals surface area contributed by atoms with Crippen molar-refractivity contribution in [3.63, 3.8) is 0 Å². The number of sulfonamides is 1. The molecule has 0 heterocycles. The smallest absolute Gasteiger partial charge is 0.273 e. The van der Waals surface area contributed by atoms with E-state index in [1.807, 2.05) is 0 Å². The van der Waals surface area contributed by atoms with E-state index in [4.69, 9.17) is 0 Å². The van der Waals surface area contributed by atoms with Gasteiger partial charge in [0.05, 0.1) is 16.2 Å². The van der Waals surface area contributed by atoms with E-state index in [9.17, 15) is 23.3 Å². The third-order valence-corrected chi connectivity index (χ3v) is 5.29. The van der Waals surface area contributed by atoms with Crippen LogP contribution in [0.1, 0.15) is 5.56 Å². The van der Waals surface area contributed by atoms with E-state index in [0.29, 0.717) is 11.3 Å². The highest BCUT2D eigenvalue weighted by Crippen LogP contribution is 2.20. The minimum absolute atomic E-state index is 0.106. The van der Waals surface area contributed by atoms with Crippen molar-refractivity contribution in [1.29, 1.82) is 0 Å². The van der Waals surface area contributed by atoms with Crippen molar-refractivity contribution in [3.8, 4) is 0 Å². The molecule has 0 aliphatic heterocycles. The molecule has 0 unspecified atom stereocenters. The van der Waals surface area contributed by atoms with Gasteiger partial charge < -0.3 is 5.32 Å². The Labute approximate surface area is 145 Å². The number of nitrogens with zero attached hydrogens (tertiary/aromatic N) is 2. The molecule has 2 aromatic carbocycles. The van der Waals surface area contributed by atoms with Crippen molar-refractivity contribution in [3.05, 3.63) is 64.2 Å². The van der Waals surface area contributed by atoms with Gasteiger partial charge in [0.15, 0.2) is 0 Å². The number of hydrogen-bond acceptors (Lipinski definition) is 5. The Balaban J connectivity index is 2.11. The fourth-order valence-electron chi connectivity index (χ4n) is 2.14. The maximum absolute atomic E-state index is 12.1. The van der Waals surface area contributed by atoms with Crippen LogP contribution in [0.15, 0.2) is 53.4 Å². The lowest BCUT2D eigenvalue weighted by Gasteiger charge is -2.12. The fourth-order valence-corrected chi connectivity index (χ4v) is 3.04. The minimum atomic E-state index is -3.54. The molecular weight excluding hydrogens is 346 g/mol. The zero-order valence-corrected chi connectivity index (χ0v) is 14.5. The van der Waals surface area contributed by atoms with Crippen molar-refractivity contribution < 1.29 is 18.1 Å². The molecule has 1 amide bonds. The summed E-state index contributed by atoms with van der Waals surface area (Å²) in [6, 6.07) is 11.7. The molecule has 132 valence electrons. The van der Waals surface area contributed by atoms with Crippen LogP contribution in [0, 0.1) is 10.1 Å². The minimum Gasteiger partial charge on any atom is -0.326 e. The number of nitrogens with one attached hydrogen (secondary N) is 1. The maximum Gasteiger partial charge on any atom is 0.273 e. The van der Waals surface area contributed by atoms with Gasteiger partial charge in [-0.25, -0.2) is 12.7 Å². The second-order valence-electron chi connectivity index (χ2n) is 5.42. The zero-order valence-electron chi connectivity index (χ0n) is 13.7. The van der Waals surface area contributed by atoms with Crippen molar-refractivity contribution in [2.45, 2.75) is 11.3 Å². The number of carbonyl (C=O) groups is 1. The zero-order chi connectivity index (χ0) is 18.6. The average Bonchev–Trinajstić information content (AvgIpc) is 2.55. The fraction of sp³-hybridized carbons (Fsp3) is 0.188. The third kappa shape index (κ3) is 4.40. The predicted molar refractivity (Wildman–Crippen MR) is 92.7 cm³/mol. The molecule has 2 rings (SSSR count). The molecule has 0 atom stereocenters. The van der Waals surface area contributed by atoms with Crippen LogP contribution in [-0.4, -0.2) is 37.6 Å². The first-order valence-corrected chi connectivity index (χ1v) is 8.70. The van der Waals surface area contributed by atoms with Gasteiger partial charge in [-0.15, -0.1) is 0 Å². The van der Waals surface area contributed by atoms with Crippen molar-refractivity contribution >= 4 is 27.3 Å². The highest BCUT2D eigenvalue weighted by atomic mass is 32.2. The molecule has 0 radical (unpaired) electrons. The number of carbonyl (C=O) groups excluding carboxylic acids is 1. The second-order valence-corrected chi connectivity index (χ2v) is 7.57. The summed E-state index contributed by atoms with van der Waals surface area (Å²) in [5.41, 5.74) is 0.586. The van der Waals surface area contributed by atoms with Gasteiger partial charge in [0.2, 0.25) is 15.9 Å². The first kappa shape index (κ1) is 18.6. The molecular formula is C16H17N3O5S. The normalized spacial score (nSPS) is 11.3. The standard InChI is InChI=1S/C16H17N3O5S/c1-18(2)25(23,24)14-9-7-13(8-10-14)17-16(20)11-12-5-3-4-6-15(12)19(21)22/h3-10H,11H2,1-2H3,(H,17,20). The second kappa shape index (κ2) is 7.41. The lowest BCUT2D eigenvalue weighted by molar-refractivity contribution is -0.385. The third-order valence-electron chi connectivity index (χ3n) is 3.46. The van der Waals surface area contributed by atoms with Gasteiger partial charge in [-0.3, -0.25) is 14.9 Å². The summed E-state index contributed by atoms with van der Waals surface area (Å²) in [6.45, 7) is 0. The Morgan fingerprint density at radius 3 is 2.28 bits per heavy atom. The summed E-state index contributed by atoms with van der Waals surface area (Å²) >= 11 is 0. The van der Waals surface area contributed by atoms with Crippen LogP contribution in [0.4, 0.5) is 11.4 Å². The van der Waals surface area contributed by atoms with Crippen LogP contribution in [0.25, 0.3) is 0 Å². The number of anilines is 1. The molecule has 0 saturated carbocycles. The summed E-state index contributed by atoms with van der Waals surface area (Å²) in [7, 11) is -0.683. The van der Waals surface area contributed by atoms with Gasteiger partial charge >= 0.3 is 0 Å². The summed E-state index contributed by atoms with van der Waals surface area (Å²) in [4.78, 5) is 22.6. The Bertz CT molecular complexity index is 892. The molecule has 0 spiro atoms. The summed E-state index contributed by atoms with van der Waals surface area (Å²) < 4.78 is 25.1. The summed E-state index contributed by atoms with van der Waals surface area (Å²) in [6.07, 6.45) is -0.158. The molecule has 2 aromatic rings. The number of nitro groups is 1. The molecule has 0 bridgehead atoms. The average molecular weight is 363 g/mol. The highest BCUT2D eigenvalue weighted by Gasteiger charge is 2.18. The van der Waals surface area contributed by atoms with Crippen molar-refractivity contribution in [2.24, 2.45) is 0 Å². The number of hydrogen-bond donors (Lipinski definition) is 1. The van der Waals surface area contributed by atoms with Crippen LogP contribution in [0.5, 0.6) is 0 Å². The number of nitro benzene ring substituents is 1. The van der Waals surface area contributed by atoms with Gasteiger partial charge in [-0.2, -0.15) is 0 Å². The van der Waals surface area contributed by atoms with E-state index in [2.05, 4.69) is 5.32 Å².